The van der Waals surface area contributed by atoms with Crippen LogP contribution < -0.4 is 0 Å². The van der Waals surface area contributed by atoms with Crippen LogP contribution in [-0.2, 0) is 28.9 Å². The zero-order chi connectivity index (χ0) is 18.6. The largest absolute Gasteiger partial charge is 0.342 e. The Morgan fingerprint density at radius 2 is 1.41 bits per heavy atom. The van der Waals surface area contributed by atoms with Gasteiger partial charge in [0, 0.05) is 39.3 Å². The molecule has 2 aliphatic heterocycles. The van der Waals surface area contributed by atoms with Gasteiger partial charge in [-0.1, -0.05) is 18.2 Å². The molecule has 0 bridgehead atoms. The molecule has 2 saturated heterocycles. The fourth-order valence-electron chi connectivity index (χ4n) is 4.60. The summed E-state index contributed by atoms with van der Waals surface area (Å²) >= 11 is 0. The first-order valence-corrected chi connectivity index (χ1v) is 10.6. The molecule has 2 heterocycles. The lowest BCUT2D eigenvalue weighted by Crippen LogP contribution is -2.51. The monoisotopic (exact) mass is 369 g/mol. The van der Waals surface area contributed by atoms with Gasteiger partial charge in [0.1, 0.15) is 0 Å². The van der Waals surface area contributed by atoms with Gasteiger partial charge in [0.25, 0.3) is 0 Å². The maximum absolute atomic E-state index is 12.7. The summed E-state index contributed by atoms with van der Waals surface area (Å²) in [6.45, 7) is 5.40. The number of aryl methyl sites for hydroxylation is 2. The molecule has 1 aromatic rings. The van der Waals surface area contributed by atoms with Crippen molar-refractivity contribution >= 4 is 11.8 Å². The molecule has 0 saturated carbocycles. The molecule has 1 aromatic carbocycles. The molecule has 2 fully saturated rings. The Balaban J connectivity index is 1.25. The second-order valence-corrected chi connectivity index (χ2v) is 8.23. The topological polar surface area (TPSA) is 43.9 Å². The van der Waals surface area contributed by atoms with Crippen LogP contribution in [0.5, 0.6) is 0 Å². The number of benzene rings is 1. The Kier molecular flexibility index (Phi) is 5.77. The number of fused-ring (bicyclic) bond motifs is 1. The molecule has 0 atom stereocenters. The van der Waals surface area contributed by atoms with Gasteiger partial charge in [-0.2, -0.15) is 0 Å². The van der Waals surface area contributed by atoms with Gasteiger partial charge in [0.15, 0.2) is 0 Å². The minimum absolute atomic E-state index is 0.219. The number of piperazine rings is 1. The molecule has 3 aliphatic rings. The van der Waals surface area contributed by atoms with Gasteiger partial charge in [-0.25, -0.2) is 0 Å². The molecule has 4 rings (SSSR count). The summed E-state index contributed by atoms with van der Waals surface area (Å²) in [4.78, 5) is 31.1. The van der Waals surface area contributed by atoms with E-state index in [-0.39, 0.29) is 11.8 Å². The number of carbonyl (C=O) groups is 2. The van der Waals surface area contributed by atoms with Gasteiger partial charge >= 0.3 is 0 Å². The Hall–Kier alpha value is -1.88. The van der Waals surface area contributed by atoms with E-state index in [1.807, 2.05) is 9.80 Å². The number of carbonyl (C=O) groups excluding carboxylic acids is 2. The van der Waals surface area contributed by atoms with E-state index in [9.17, 15) is 9.59 Å². The summed E-state index contributed by atoms with van der Waals surface area (Å²) in [6.07, 6.45) is 7.66. The Bertz CT molecular complexity index is 689. The first kappa shape index (κ1) is 18.5. The molecule has 1 aliphatic carbocycles. The van der Waals surface area contributed by atoms with E-state index in [0.29, 0.717) is 13.0 Å². The molecule has 0 spiro atoms. The van der Waals surface area contributed by atoms with Crippen LogP contribution in [0.4, 0.5) is 0 Å². The van der Waals surface area contributed by atoms with Crippen molar-refractivity contribution in [3.05, 3.63) is 34.9 Å². The van der Waals surface area contributed by atoms with E-state index in [1.54, 1.807) is 0 Å². The quantitative estimate of drug-likeness (QED) is 0.814. The molecule has 5 nitrogen and oxygen atoms in total. The van der Waals surface area contributed by atoms with Gasteiger partial charge in [-0.05, 0) is 55.2 Å². The predicted octanol–water partition coefficient (Wildman–Crippen LogP) is 1.87. The van der Waals surface area contributed by atoms with Crippen molar-refractivity contribution in [1.29, 1.82) is 0 Å². The Labute approximate surface area is 162 Å². The van der Waals surface area contributed by atoms with Crippen molar-refractivity contribution in [2.24, 2.45) is 0 Å². The summed E-state index contributed by atoms with van der Waals surface area (Å²) in [6, 6.07) is 6.60. The Morgan fingerprint density at radius 3 is 2.15 bits per heavy atom. The van der Waals surface area contributed by atoms with Crippen LogP contribution in [0.1, 0.15) is 42.4 Å². The highest BCUT2D eigenvalue weighted by atomic mass is 16.2. The van der Waals surface area contributed by atoms with Crippen molar-refractivity contribution in [3.63, 3.8) is 0 Å². The lowest BCUT2D eigenvalue weighted by atomic mass is 9.90. The second-order valence-electron chi connectivity index (χ2n) is 8.23. The highest BCUT2D eigenvalue weighted by Crippen LogP contribution is 2.22. The molecule has 0 unspecified atom stereocenters. The summed E-state index contributed by atoms with van der Waals surface area (Å²) in [7, 11) is 0. The van der Waals surface area contributed by atoms with E-state index >= 15 is 0 Å². The number of amides is 2. The van der Waals surface area contributed by atoms with Crippen LogP contribution in [0.3, 0.4) is 0 Å². The van der Waals surface area contributed by atoms with E-state index in [0.717, 1.165) is 64.1 Å². The van der Waals surface area contributed by atoms with Crippen LogP contribution in [0.15, 0.2) is 18.2 Å². The minimum atomic E-state index is 0.219. The van der Waals surface area contributed by atoms with Crippen molar-refractivity contribution in [2.75, 3.05) is 45.8 Å². The molecule has 0 N–H and O–H groups in total. The molecule has 146 valence electrons. The van der Waals surface area contributed by atoms with Gasteiger partial charge in [-0.15, -0.1) is 0 Å². The average Bonchev–Trinajstić information content (AvgIpc) is 3.23. The zero-order valence-electron chi connectivity index (χ0n) is 16.3. The van der Waals surface area contributed by atoms with Crippen LogP contribution in [0.25, 0.3) is 0 Å². The fraction of sp³-hybridized carbons (Fsp3) is 0.636. The van der Waals surface area contributed by atoms with Crippen molar-refractivity contribution in [2.45, 2.75) is 44.9 Å². The summed E-state index contributed by atoms with van der Waals surface area (Å²) in [5.74, 6) is 0.470. The first-order valence-electron chi connectivity index (χ1n) is 10.6. The van der Waals surface area contributed by atoms with Crippen LogP contribution in [-0.4, -0.2) is 72.3 Å². The van der Waals surface area contributed by atoms with Crippen LogP contribution >= 0.6 is 0 Å². The first-order chi connectivity index (χ1) is 13.2. The van der Waals surface area contributed by atoms with E-state index in [1.165, 1.54) is 30.4 Å². The van der Waals surface area contributed by atoms with Crippen molar-refractivity contribution in [1.82, 2.24) is 14.7 Å². The lowest BCUT2D eigenvalue weighted by molar-refractivity contribution is -0.134. The van der Waals surface area contributed by atoms with Crippen LogP contribution in [0.2, 0.25) is 0 Å². The number of rotatable bonds is 4. The summed E-state index contributed by atoms with van der Waals surface area (Å²) in [5, 5.41) is 0. The highest BCUT2D eigenvalue weighted by molar-refractivity contribution is 5.79. The molecule has 5 heteroatoms. The number of likely N-dealkylation sites (tertiary alicyclic amines) is 1. The average molecular weight is 370 g/mol. The third kappa shape index (κ3) is 4.52. The standard InChI is InChI=1S/C22H31N3O2/c26-21(16-18-7-8-19-5-1-2-6-20(19)15-18)25-13-11-23(12-14-25)17-22(27)24-9-3-4-10-24/h7-8,15H,1-6,9-14,16-17H2. The Morgan fingerprint density at radius 1 is 0.741 bits per heavy atom. The zero-order valence-corrected chi connectivity index (χ0v) is 16.3. The second kappa shape index (κ2) is 8.42. The molecule has 2 amide bonds. The van der Waals surface area contributed by atoms with Crippen molar-refractivity contribution in [3.8, 4) is 0 Å². The molecular formula is C22H31N3O2. The van der Waals surface area contributed by atoms with Gasteiger partial charge in [-0.3, -0.25) is 14.5 Å². The third-order valence-electron chi connectivity index (χ3n) is 6.31. The van der Waals surface area contributed by atoms with Gasteiger partial charge in [0.05, 0.1) is 13.0 Å². The smallest absolute Gasteiger partial charge is 0.236 e. The van der Waals surface area contributed by atoms with E-state index in [4.69, 9.17) is 0 Å². The van der Waals surface area contributed by atoms with Crippen molar-refractivity contribution < 1.29 is 9.59 Å². The summed E-state index contributed by atoms with van der Waals surface area (Å²) in [5.41, 5.74) is 4.05. The molecule has 0 aromatic heterocycles. The third-order valence-corrected chi connectivity index (χ3v) is 6.31. The SMILES string of the molecule is O=C(Cc1ccc2c(c1)CCCC2)N1CCN(CC(=O)N2CCCC2)CC1. The van der Waals surface area contributed by atoms with Gasteiger partial charge in [0.2, 0.25) is 11.8 Å². The molecule has 0 radical (unpaired) electrons. The maximum Gasteiger partial charge on any atom is 0.236 e. The molecular weight excluding hydrogens is 338 g/mol. The van der Waals surface area contributed by atoms with Crippen LogP contribution in [0, 0.1) is 0 Å². The fourth-order valence-corrected chi connectivity index (χ4v) is 4.60. The summed E-state index contributed by atoms with van der Waals surface area (Å²) < 4.78 is 0. The number of hydrogen-bond acceptors (Lipinski definition) is 3. The minimum Gasteiger partial charge on any atom is -0.342 e. The highest BCUT2D eigenvalue weighted by Gasteiger charge is 2.25. The maximum atomic E-state index is 12.7. The number of nitrogens with zero attached hydrogens (tertiary/aromatic N) is 3. The number of hydrogen-bond donors (Lipinski definition) is 0. The van der Waals surface area contributed by atoms with E-state index in [2.05, 4.69) is 23.1 Å². The van der Waals surface area contributed by atoms with Gasteiger partial charge < -0.3 is 9.80 Å². The molecule has 27 heavy (non-hydrogen) atoms. The lowest BCUT2D eigenvalue weighted by Gasteiger charge is -2.35. The van der Waals surface area contributed by atoms with E-state index < -0.39 is 0 Å². The predicted molar refractivity (Wildman–Crippen MR) is 106 cm³/mol. The normalized spacial score (nSPS) is 20.6.